The fourth-order valence-electron chi connectivity index (χ4n) is 2.63. The van der Waals surface area contributed by atoms with Crippen LogP contribution < -0.4 is 10.0 Å². The number of esters is 1. The fourth-order valence-corrected chi connectivity index (χ4v) is 3.81. The summed E-state index contributed by atoms with van der Waals surface area (Å²) in [6.45, 7) is 7.35. The molecule has 0 unspecified atom stereocenters. The van der Waals surface area contributed by atoms with Crippen molar-refractivity contribution in [3.63, 3.8) is 0 Å². The zero-order chi connectivity index (χ0) is 21.6. The van der Waals surface area contributed by atoms with Crippen LogP contribution in [0.3, 0.4) is 0 Å². The summed E-state index contributed by atoms with van der Waals surface area (Å²) < 4.78 is 32.1. The Labute approximate surface area is 171 Å². The number of amides is 1. The molecule has 2 N–H and O–H groups in total. The van der Waals surface area contributed by atoms with E-state index in [4.69, 9.17) is 4.74 Å². The molecule has 0 bridgehead atoms. The minimum Gasteiger partial charge on any atom is -0.449 e. The van der Waals surface area contributed by atoms with Crippen LogP contribution in [-0.4, -0.2) is 32.9 Å². The first kappa shape index (κ1) is 22.6. The SMILES string of the molecule is CCCNS(=O)(=O)c1cccc(C(=O)O[C@H](C)C(=O)Nc2c(C)cccc2C)c1. The molecule has 29 heavy (non-hydrogen) atoms. The van der Waals surface area contributed by atoms with Crippen LogP contribution in [0.1, 0.15) is 41.8 Å². The topological polar surface area (TPSA) is 102 Å². The Morgan fingerprint density at radius 3 is 2.31 bits per heavy atom. The lowest BCUT2D eigenvalue weighted by Gasteiger charge is -2.16. The van der Waals surface area contributed by atoms with E-state index in [0.717, 1.165) is 11.1 Å². The van der Waals surface area contributed by atoms with E-state index in [1.807, 2.05) is 39.0 Å². The van der Waals surface area contributed by atoms with Gasteiger partial charge in [-0.2, -0.15) is 0 Å². The molecule has 0 aliphatic heterocycles. The predicted molar refractivity (Wildman–Crippen MR) is 111 cm³/mol. The lowest BCUT2D eigenvalue weighted by molar-refractivity contribution is -0.123. The summed E-state index contributed by atoms with van der Waals surface area (Å²) in [6, 6.07) is 11.2. The van der Waals surface area contributed by atoms with Crippen molar-refractivity contribution >= 4 is 27.6 Å². The predicted octanol–water partition coefficient (Wildman–Crippen LogP) is 3.18. The van der Waals surface area contributed by atoms with Crippen LogP contribution in [-0.2, 0) is 19.6 Å². The van der Waals surface area contributed by atoms with E-state index in [1.165, 1.54) is 31.2 Å². The number of aryl methyl sites for hydroxylation is 2. The molecule has 1 amide bonds. The highest BCUT2D eigenvalue weighted by Crippen LogP contribution is 2.20. The van der Waals surface area contributed by atoms with Gasteiger partial charge in [-0.05, 0) is 56.5 Å². The standard InChI is InChI=1S/C21H26N2O5S/c1-5-12-22-29(26,27)18-11-7-10-17(13-18)21(25)28-16(4)20(24)23-19-14(2)8-6-9-15(19)3/h6-11,13,16,22H,5,12H2,1-4H3,(H,23,24)/t16-/m1/s1. The number of rotatable bonds is 8. The Hall–Kier alpha value is -2.71. The van der Waals surface area contributed by atoms with E-state index in [0.29, 0.717) is 18.7 Å². The largest absolute Gasteiger partial charge is 0.449 e. The van der Waals surface area contributed by atoms with Gasteiger partial charge >= 0.3 is 5.97 Å². The van der Waals surface area contributed by atoms with Gasteiger partial charge in [-0.3, -0.25) is 4.79 Å². The zero-order valence-electron chi connectivity index (χ0n) is 17.0. The second-order valence-corrected chi connectivity index (χ2v) is 8.50. The summed E-state index contributed by atoms with van der Waals surface area (Å²) in [4.78, 5) is 24.8. The van der Waals surface area contributed by atoms with Crippen molar-refractivity contribution in [1.82, 2.24) is 4.72 Å². The normalized spacial score (nSPS) is 12.3. The molecule has 2 aromatic carbocycles. The molecule has 2 rings (SSSR count). The number of ether oxygens (including phenoxy) is 1. The van der Waals surface area contributed by atoms with E-state index in [1.54, 1.807) is 0 Å². The van der Waals surface area contributed by atoms with Crippen LogP contribution in [0.25, 0.3) is 0 Å². The second-order valence-electron chi connectivity index (χ2n) is 6.73. The Kier molecular flexibility index (Phi) is 7.53. The van der Waals surface area contributed by atoms with Crippen molar-refractivity contribution in [2.45, 2.75) is 45.1 Å². The van der Waals surface area contributed by atoms with Gasteiger partial charge in [-0.15, -0.1) is 0 Å². The van der Waals surface area contributed by atoms with Crippen LogP contribution in [0.2, 0.25) is 0 Å². The second kappa shape index (κ2) is 9.67. The molecule has 0 fully saturated rings. The van der Waals surface area contributed by atoms with Crippen LogP contribution in [0.15, 0.2) is 47.4 Å². The molecule has 0 saturated heterocycles. The smallest absolute Gasteiger partial charge is 0.338 e. The number of carbonyl (C=O) groups excluding carboxylic acids is 2. The average molecular weight is 419 g/mol. The Balaban J connectivity index is 2.09. The summed E-state index contributed by atoms with van der Waals surface area (Å²) >= 11 is 0. The molecule has 8 heteroatoms. The highest BCUT2D eigenvalue weighted by Gasteiger charge is 2.22. The van der Waals surface area contributed by atoms with Crippen molar-refractivity contribution in [1.29, 1.82) is 0 Å². The van der Waals surface area contributed by atoms with Crippen LogP contribution in [0.4, 0.5) is 5.69 Å². The van der Waals surface area contributed by atoms with Gasteiger partial charge < -0.3 is 10.1 Å². The van der Waals surface area contributed by atoms with Crippen LogP contribution in [0.5, 0.6) is 0 Å². The number of para-hydroxylation sites is 1. The minimum atomic E-state index is -3.71. The van der Waals surface area contributed by atoms with Gasteiger partial charge in [-0.1, -0.05) is 31.2 Å². The first-order valence-electron chi connectivity index (χ1n) is 9.33. The zero-order valence-corrected chi connectivity index (χ0v) is 17.8. The lowest BCUT2D eigenvalue weighted by Crippen LogP contribution is -2.30. The van der Waals surface area contributed by atoms with Crippen LogP contribution in [0, 0.1) is 13.8 Å². The monoisotopic (exact) mass is 418 g/mol. The number of sulfonamides is 1. The first-order chi connectivity index (χ1) is 13.7. The van der Waals surface area contributed by atoms with Gasteiger partial charge in [0.15, 0.2) is 6.10 Å². The molecule has 0 aliphatic carbocycles. The molecule has 0 heterocycles. The molecule has 2 aromatic rings. The van der Waals surface area contributed by atoms with Crippen molar-refractivity contribution in [2.24, 2.45) is 0 Å². The molecule has 0 aliphatic rings. The van der Waals surface area contributed by atoms with Crippen LogP contribution >= 0.6 is 0 Å². The number of carbonyl (C=O) groups is 2. The maximum atomic E-state index is 12.4. The quantitative estimate of drug-likeness (QED) is 0.641. The van der Waals surface area contributed by atoms with E-state index >= 15 is 0 Å². The van der Waals surface area contributed by atoms with Crippen molar-refractivity contribution in [3.8, 4) is 0 Å². The third-order valence-corrected chi connectivity index (χ3v) is 5.76. The number of anilines is 1. The molecule has 156 valence electrons. The summed E-state index contributed by atoms with van der Waals surface area (Å²) in [5.74, 6) is -1.24. The third kappa shape index (κ3) is 5.88. The van der Waals surface area contributed by atoms with Gasteiger partial charge in [0, 0.05) is 12.2 Å². The maximum Gasteiger partial charge on any atom is 0.338 e. The van der Waals surface area contributed by atoms with Crippen molar-refractivity contribution < 1.29 is 22.7 Å². The summed E-state index contributed by atoms with van der Waals surface area (Å²) in [7, 11) is -3.71. The molecule has 0 aromatic heterocycles. The molecule has 1 atom stereocenters. The molecule has 7 nitrogen and oxygen atoms in total. The van der Waals surface area contributed by atoms with Gasteiger partial charge in [0.2, 0.25) is 10.0 Å². The Morgan fingerprint density at radius 2 is 1.69 bits per heavy atom. The van der Waals surface area contributed by atoms with E-state index in [-0.39, 0.29) is 10.5 Å². The Bertz CT molecular complexity index is 982. The van der Waals surface area contributed by atoms with Crippen molar-refractivity contribution in [3.05, 3.63) is 59.2 Å². The average Bonchev–Trinajstić information content (AvgIpc) is 2.69. The fraction of sp³-hybridized carbons (Fsp3) is 0.333. The summed E-state index contributed by atoms with van der Waals surface area (Å²) in [5, 5.41) is 2.77. The number of nitrogens with one attached hydrogen (secondary N) is 2. The number of hydrogen-bond donors (Lipinski definition) is 2. The highest BCUT2D eigenvalue weighted by atomic mass is 32.2. The van der Waals surface area contributed by atoms with Gasteiger partial charge in [0.25, 0.3) is 5.91 Å². The summed E-state index contributed by atoms with van der Waals surface area (Å²) in [5.41, 5.74) is 2.52. The molecule has 0 spiro atoms. The number of hydrogen-bond acceptors (Lipinski definition) is 5. The minimum absolute atomic E-state index is 0.0342. The Morgan fingerprint density at radius 1 is 1.07 bits per heavy atom. The van der Waals surface area contributed by atoms with Gasteiger partial charge in [0.1, 0.15) is 0 Å². The maximum absolute atomic E-state index is 12.4. The van der Waals surface area contributed by atoms with Crippen molar-refractivity contribution in [2.75, 3.05) is 11.9 Å². The number of benzene rings is 2. The molecule has 0 saturated carbocycles. The van der Waals surface area contributed by atoms with E-state index in [2.05, 4.69) is 10.0 Å². The molecule has 0 radical (unpaired) electrons. The van der Waals surface area contributed by atoms with E-state index < -0.39 is 28.0 Å². The summed E-state index contributed by atoms with van der Waals surface area (Å²) in [6.07, 6.45) is -0.409. The highest BCUT2D eigenvalue weighted by molar-refractivity contribution is 7.89. The molecular formula is C21H26N2O5S. The first-order valence-corrected chi connectivity index (χ1v) is 10.8. The van der Waals surface area contributed by atoms with Gasteiger partial charge in [-0.25, -0.2) is 17.9 Å². The molecular weight excluding hydrogens is 392 g/mol. The van der Waals surface area contributed by atoms with E-state index in [9.17, 15) is 18.0 Å². The van der Waals surface area contributed by atoms with Gasteiger partial charge in [0.05, 0.1) is 10.5 Å². The third-order valence-electron chi connectivity index (χ3n) is 4.30. The lowest BCUT2D eigenvalue weighted by atomic mass is 10.1.